The first-order chi connectivity index (χ1) is 7.93. The van der Waals surface area contributed by atoms with Crippen LogP contribution in [0, 0.1) is 5.92 Å². The molecule has 2 rings (SSSR count). The van der Waals surface area contributed by atoms with Crippen molar-refractivity contribution in [2.45, 2.75) is 38.9 Å². The third kappa shape index (κ3) is 2.63. The van der Waals surface area contributed by atoms with E-state index in [-0.39, 0.29) is 35.5 Å². The SMILES string of the molecule is CCC1NC(C)N(CC2CCS(=O)(=O)C2)C1=O. The number of rotatable bonds is 3. The maximum atomic E-state index is 12.0. The molecular formula is C11H20N2O3S. The molecule has 0 spiro atoms. The van der Waals surface area contributed by atoms with Crippen molar-refractivity contribution < 1.29 is 13.2 Å². The molecule has 1 N–H and O–H groups in total. The summed E-state index contributed by atoms with van der Waals surface area (Å²) in [6, 6.07) is -0.0944. The van der Waals surface area contributed by atoms with E-state index in [0.29, 0.717) is 13.0 Å². The van der Waals surface area contributed by atoms with E-state index in [1.165, 1.54) is 0 Å². The van der Waals surface area contributed by atoms with Crippen LogP contribution in [0.15, 0.2) is 0 Å². The zero-order valence-electron chi connectivity index (χ0n) is 10.3. The van der Waals surface area contributed by atoms with Crippen LogP contribution in [0.5, 0.6) is 0 Å². The molecule has 0 aliphatic carbocycles. The minimum atomic E-state index is -2.85. The van der Waals surface area contributed by atoms with E-state index in [1.54, 1.807) is 4.90 Å². The maximum absolute atomic E-state index is 12.0. The first-order valence-corrected chi connectivity index (χ1v) is 8.02. The van der Waals surface area contributed by atoms with Crippen LogP contribution in [-0.2, 0) is 14.6 Å². The Morgan fingerprint density at radius 1 is 1.47 bits per heavy atom. The molecule has 6 heteroatoms. The molecular weight excluding hydrogens is 240 g/mol. The van der Waals surface area contributed by atoms with Crippen LogP contribution in [0.2, 0.25) is 0 Å². The first kappa shape index (κ1) is 12.8. The fourth-order valence-corrected chi connectivity index (χ4v) is 4.53. The molecule has 2 saturated heterocycles. The Kier molecular flexibility index (Phi) is 3.45. The number of hydrogen-bond donors (Lipinski definition) is 1. The molecule has 2 aliphatic rings. The summed E-state index contributed by atoms with van der Waals surface area (Å²) < 4.78 is 22.8. The summed E-state index contributed by atoms with van der Waals surface area (Å²) >= 11 is 0. The summed E-state index contributed by atoms with van der Waals surface area (Å²) in [4.78, 5) is 13.8. The summed E-state index contributed by atoms with van der Waals surface area (Å²) in [5, 5.41) is 3.22. The van der Waals surface area contributed by atoms with Crippen LogP contribution in [0.4, 0.5) is 0 Å². The molecule has 2 heterocycles. The van der Waals surface area contributed by atoms with Crippen molar-refractivity contribution >= 4 is 15.7 Å². The number of sulfone groups is 1. The third-order valence-electron chi connectivity index (χ3n) is 3.68. The van der Waals surface area contributed by atoms with Crippen molar-refractivity contribution in [3.05, 3.63) is 0 Å². The van der Waals surface area contributed by atoms with Gasteiger partial charge >= 0.3 is 0 Å². The Morgan fingerprint density at radius 3 is 2.65 bits per heavy atom. The Labute approximate surface area is 102 Å². The second-order valence-electron chi connectivity index (χ2n) is 5.06. The van der Waals surface area contributed by atoms with E-state index in [0.717, 1.165) is 6.42 Å². The Hall–Kier alpha value is -0.620. The van der Waals surface area contributed by atoms with Gasteiger partial charge in [0, 0.05) is 6.54 Å². The van der Waals surface area contributed by atoms with Crippen LogP contribution in [0.3, 0.4) is 0 Å². The van der Waals surface area contributed by atoms with Gasteiger partial charge in [0.1, 0.15) is 0 Å². The fraction of sp³-hybridized carbons (Fsp3) is 0.909. The largest absolute Gasteiger partial charge is 0.326 e. The lowest BCUT2D eigenvalue weighted by Gasteiger charge is -2.23. The zero-order chi connectivity index (χ0) is 12.6. The van der Waals surface area contributed by atoms with Gasteiger partial charge in [-0.3, -0.25) is 10.1 Å². The van der Waals surface area contributed by atoms with Crippen LogP contribution in [0.1, 0.15) is 26.7 Å². The molecule has 0 aromatic heterocycles. The smallest absolute Gasteiger partial charge is 0.241 e. The molecule has 0 radical (unpaired) electrons. The average Bonchev–Trinajstić information content (AvgIpc) is 2.72. The van der Waals surface area contributed by atoms with E-state index < -0.39 is 9.84 Å². The monoisotopic (exact) mass is 260 g/mol. The van der Waals surface area contributed by atoms with Gasteiger partial charge in [-0.1, -0.05) is 6.92 Å². The standard InChI is InChI=1S/C11H20N2O3S/c1-3-10-11(14)13(8(2)12-10)6-9-4-5-17(15,16)7-9/h8-10,12H,3-7H2,1-2H3. The number of carbonyl (C=O) groups is 1. The molecule has 3 atom stereocenters. The number of nitrogens with one attached hydrogen (secondary N) is 1. The summed E-state index contributed by atoms with van der Waals surface area (Å²) in [6.07, 6.45) is 1.49. The number of hydrogen-bond acceptors (Lipinski definition) is 4. The molecule has 5 nitrogen and oxygen atoms in total. The van der Waals surface area contributed by atoms with Gasteiger partial charge in [-0.15, -0.1) is 0 Å². The van der Waals surface area contributed by atoms with Crippen LogP contribution >= 0.6 is 0 Å². The van der Waals surface area contributed by atoms with Gasteiger partial charge in [0.05, 0.1) is 23.7 Å². The molecule has 17 heavy (non-hydrogen) atoms. The minimum absolute atomic E-state index is 0.0238. The highest BCUT2D eigenvalue weighted by Crippen LogP contribution is 2.22. The first-order valence-electron chi connectivity index (χ1n) is 6.20. The fourth-order valence-electron chi connectivity index (χ4n) is 2.68. The lowest BCUT2D eigenvalue weighted by molar-refractivity contribution is -0.130. The Balaban J connectivity index is 1.98. The quantitative estimate of drug-likeness (QED) is 0.774. The molecule has 0 aromatic carbocycles. The lowest BCUT2D eigenvalue weighted by Crippen LogP contribution is -2.38. The predicted octanol–water partition coefficient (Wildman–Crippen LogP) is -0.0225. The summed E-state index contributed by atoms with van der Waals surface area (Å²) in [7, 11) is -2.85. The van der Waals surface area contributed by atoms with Gasteiger partial charge in [-0.2, -0.15) is 0 Å². The van der Waals surface area contributed by atoms with Crippen LogP contribution < -0.4 is 5.32 Å². The molecule has 2 fully saturated rings. The summed E-state index contributed by atoms with van der Waals surface area (Å²) in [5.74, 6) is 0.743. The van der Waals surface area contributed by atoms with E-state index in [4.69, 9.17) is 0 Å². The zero-order valence-corrected chi connectivity index (χ0v) is 11.2. The molecule has 0 aromatic rings. The molecule has 1 amide bonds. The Bertz CT molecular complexity index is 407. The molecule has 3 unspecified atom stereocenters. The minimum Gasteiger partial charge on any atom is -0.326 e. The molecule has 0 saturated carbocycles. The van der Waals surface area contributed by atoms with Gasteiger partial charge in [0.2, 0.25) is 5.91 Å². The predicted molar refractivity (Wildman–Crippen MR) is 65.2 cm³/mol. The number of amides is 1. The van der Waals surface area contributed by atoms with E-state index >= 15 is 0 Å². The topological polar surface area (TPSA) is 66.5 Å². The van der Waals surface area contributed by atoms with Gasteiger partial charge < -0.3 is 4.90 Å². The molecule has 2 aliphatic heterocycles. The van der Waals surface area contributed by atoms with Gasteiger partial charge in [-0.25, -0.2) is 8.42 Å². The van der Waals surface area contributed by atoms with Crippen molar-refractivity contribution in [3.63, 3.8) is 0 Å². The van der Waals surface area contributed by atoms with Crippen molar-refractivity contribution in [2.24, 2.45) is 5.92 Å². The van der Waals surface area contributed by atoms with Crippen molar-refractivity contribution in [1.82, 2.24) is 10.2 Å². The third-order valence-corrected chi connectivity index (χ3v) is 5.52. The highest BCUT2D eigenvalue weighted by Gasteiger charge is 2.38. The molecule has 0 bridgehead atoms. The summed E-state index contributed by atoms with van der Waals surface area (Å²) in [6.45, 7) is 4.51. The number of nitrogens with zero attached hydrogens (tertiary/aromatic N) is 1. The van der Waals surface area contributed by atoms with Crippen molar-refractivity contribution in [1.29, 1.82) is 0 Å². The van der Waals surface area contributed by atoms with E-state index in [9.17, 15) is 13.2 Å². The number of carbonyl (C=O) groups excluding carboxylic acids is 1. The Morgan fingerprint density at radius 2 is 2.18 bits per heavy atom. The highest BCUT2D eigenvalue weighted by atomic mass is 32.2. The average molecular weight is 260 g/mol. The normalized spacial score (nSPS) is 36.7. The van der Waals surface area contributed by atoms with Crippen molar-refractivity contribution in [2.75, 3.05) is 18.1 Å². The van der Waals surface area contributed by atoms with Gasteiger partial charge in [0.25, 0.3) is 0 Å². The second-order valence-corrected chi connectivity index (χ2v) is 7.29. The summed E-state index contributed by atoms with van der Waals surface area (Å²) in [5.41, 5.74) is 0. The van der Waals surface area contributed by atoms with Crippen LogP contribution in [-0.4, -0.2) is 49.5 Å². The lowest BCUT2D eigenvalue weighted by atomic mass is 10.1. The second kappa shape index (κ2) is 4.57. The van der Waals surface area contributed by atoms with E-state index in [2.05, 4.69) is 5.32 Å². The van der Waals surface area contributed by atoms with E-state index in [1.807, 2.05) is 13.8 Å². The van der Waals surface area contributed by atoms with Crippen LogP contribution in [0.25, 0.3) is 0 Å². The highest BCUT2D eigenvalue weighted by molar-refractivity contribution is 7.91. The van der Waals surface area contributed by atoms with Crippen molar-refractivity contribution in [3.8, 4) is 0 Å². The molecule has 98 valence electrons. The maximum Gasteiger partial charge on any atom is 0.241 e. The van der Waals surface area contributed by atoms with Gasteiger partial charge in [-0.05, 0) is 25.7 Å². The van der Waals surface area contributed by atoms with Gasteiger partial charge in [0.15, 0.2) is 9.84 Å².